The van der Waals surface area contributed by atoms with Crippen molar-refractivity contribution in [1.82, 2.24) is 0 Å². The smallest absolute Gasteiger partial charge is 0.341 e. The first-order valence-electron chi connectivity index (χ1n) is 4.52. The monoisotopic (exact) mass is 234 g/mol. The number of carboxylic acids is 1. The molecule has 1 rings (SSSR count). The van der Waals surface area contributed by atoms with Crippen LogP contribution in [-0.4, -0.2) is 17.7 Å². The molecule has 0 unspecified atom stereocenters. The summed E-state index contributed by atoms with van der Waals surface area (Å²) in [5, 5.41) is 8.53. The zero-order valence-corrected chi connectivity index (χ0v) is 8.39. The number of carbonyl (C=O) groups is 1. The minimum Gasteiger partial charge on any atom is -0.488 e. The summed E-state index contributed by atoms with van der Waals surface area (Å²) in [5.74, 6) is -6.92. The second-order valence-electron chi connectivity index (χ2n) is 3.01. The van der Waals surface area contributed by atoms with Gasteiger partial charge in [-0.2, -0.15) is 0 Å². The molecule has 1 aromatic carbocycles. The number of aromatic carboxylic acids is 1. The van der Waals surface area contributed by atoms with Crippen molar-refractivity contribution in [2.45, 2.75) is 13.3 Å². The average molecular weight is 234 g/mol. The van der Waals surface area contributed by atoms with Gasteiger partial charge in [-0.15, -0.1) is 0 Å². The van der Waals surface area contributed by atoms with Crippen molar-refractivity contribution < 1.29 is 27.8 Å². The third-order valence-corrected chi connectivity index (χ3v) is 1.79. The Morgan fingerprint density at radius 2 is 2.00 bits per heavy atom. The van der Waals surface area contributed by atoms with Gasteiger partial charge in [0.25, 0.3) is 0 Å². The topological polar surface area (TPSA) is 46.5 Å². The van der Waals surface area contributed by atoms with Gasteiger partial charge in [-0.25, -0.2) is 18.0 Å². The van der Waals surface area contributed by atoms with E-state index in [-0.39, 0.29) is 12.7 Å². The number of hydrogen-bond acceptors (Lipinski definition) is 2. The summed E-state index contributed by atoms with van der Waals surface area (Å²) in [4.78, 5) is 10.5. The lowest BCUT2D eigenvalue weighted by atomic mass is 10.2. The van der Waals surface area contributed by atoms with E-state index >= 15 is 0 Å². The first kappa shape index (κ1) is 12.4. The van der Waals surface area contributed by atoms with Gasteiger partial charge in [-0.3, -0.25) is 0 Å². The normalized spacial score (nSPS) is 10.2. The van der Waals surface area contributed by atoms with Crippen molar-refractivity contribution in [2.24, 2.45) is 0 Å². The van der Waals surface area contributed by atoms with Crippen LogP contribution in [0, 0.1) is 17.5 Å². The lowest BCUT2D eigenvalue weighted by molar-refractivity contribution is 0.0684. The summed E-state index contributed by atoms with van der Waals surface area (Å²) in [6.45, 7) is 1.72. The largest absolute Gasteiger partial charge is 0.488 e. The quantitative estimate of drug-likeness (QED) is 0.870. The molecule has 0 atom stereocenters. The number of rotatable bonds is 4. The fraction of sp³-hybridized carbons (Fsp3) is 0.300. The van der Waals surface area contributed by atoms with E-state index < -0.39 is 34.7 Å². The second kappa shape index (κ2) is 4.87. The van der Waals surface area contributed by atoms with E-state index in [9.17, 15) is 18.0 Å². The Morgan fingerprint density at radius 1 is 1.38 bits per heavy atom. The van der Waals surface area contributed by atoms with Crippen LogP contribution >= 0.6 is 0 Å². The average Bonchev–Trinajstić information content (AvgIpc) is 2.16. The van der Waals surface area contributed by atoms with Gasteiger partial charge in [0.2, 0.25) is 0 Å². The molecule has 1 aromatic rings. The highest BCUT2D eigenvalue weighted by Gasteiger charge is 2.24. The van der Waals surface area contributed by atoms with E-state index in [1.807, 2.05) is 0 Å². The molecule has 0 aromatic heterocycles. The summed E-state index contributed by atoms with van der Waals surface area (Å²) in [6, 6.07) is 0.289. The Bertz CT molecular complexity index is 418. The maximum Gasteiger partial charge on any atom is 0.341 e. The minimum absolute atomic E-state index is 0.0124. The van der Waals surface area contributed by atoms with Crippen molar-refractivity contribution in [3.63, 3.8) is 0 Å². The van der Waals surface area contributed by atoms with Crippen LogP contribution in [0.4, 0.5) is 13.2 Å². The van der Waals surface area contributed by atoms with Gasteiger partial charge in [0.1, 0.15) is 11.4 Å². The number of benzene rings is 1. The molecule has 1 N–H and O–H groups in total. The first-order chi connectivity index (χ1) is 7.49. The highest BCUT2D eigenvalue weighted by atomic mass is 19.1. The lowest BCUT2D eigenvalue weighted by Gasteiger charge is -2.09. The molecule has 88 valence electrons. The van der Waals surface area contributed by atoms with Crippen molar-refractivity contribution in [3.8, 4) is 5.75 Å². The summed E-state index contributed by atoms with van der Waals surface area (Å²) in [5.41, 5.74) is -1.22. The Labute approximate surface area is 89.5 Å². The van der Waals surface area contributed by atoms with Gasteiger partial charge < -0.3 is 9.84 Å². The Balaban J connectivity index is 3.27. The molecule has 0 fully saturated rings. The molecule has 0 aliphatic heterocycles. The van der Waals surface area contributed by atoms with Crippen LogP contribution in [0.25, 0.3) is 0 Å². The summed E-state index contributed by atoms with van der Waals surface area (Å²) < 4.78 is 44.1. The maximum absolute atomic E-state index is 13.4. The Kier molecular flexibility index (Phi) is 3.76. The van der Waals surface area contributed by atoms with E-state index in [0.29, 0.717) is 6.42 Å². The van der Waals surface area contributed by atoms with Gasteiger partial charge in [0, 0.05) is 6.07 Å². The van der Waals surface area contributed by atoms with Crippen molar-refractivity contribution in [2.75, 3.05) is 6.61 Å². The number of hydrogen-bond donors (Lipinski definition) is 1. The highest BCUT2D eigenvalue weighted by Crippen LogP contribution is 2.27. The third kappa shape index (κ3) is 2.26. The van der Waals surface area contributed by atoms with Crippen molar-refractivity contribution in [3.05, 3.63) is 29.1 Å². The number of halogens is 3. The van der Waals surface area contributed by atoms with E-state index in [0.717, 1.165) is 0 Å². The lowest BCUT2D eigenvalue weighted by Crippen LogP contribution is -2.09. The first-order valence-corrected chi connectivity index (χ1v) is 4.52. The molecule has 6 heteroatoms. The molecule has 0 heterocycles. The zero-order valence-electron chi connectivity index (χ0n) is 8.39. The van der Waals surface area contributed by atoms with Crippen molar-refractivity contribution in [1.29, 1.82) is 0 Å². The summed E-state index contributed by atoms with van der Waals surface area (Å²) in [7, 11) is 0. The van der Waals surface area contributed by atoms with Crippen LogP contribution in [0.2, 0.25) is 0 Å². The second-order valence-corrected chi connectivity index (χ2v) is 3.01. The predicted molar refractivity (Wildman–Crippen MR) is 49.1 cm³/mol. The molecule has 0 aliphatic rings. The van der Waals surface area contributed by atoms with Gasteiger partial charge in [-0.05, 0) is 6.42 Å². The molecular weight excluding hydrogens is 225 g/mol. The molecule has 16 heavy (non-hydrogen) atoms. The van der Waals surface area contributed by atoms with Crippen molar-refractivity contribution >= 4 is 5.97 Å². The minimum atomic E-state index is -1.81. The van der Waals surface area contributed by atoms with Gasteiger partial charge >= 0.3 is 5.97 Å². The Hall–Kier alpha value is -1.72. The fourth-order valence-corrected chi connectivity index (χ4v) is 1.10. The van der Waals surface area contributed by atoms with E-state index in [2.05, 4.69) is 4.74 Å². The predicted octanol–water partition coefficient (Wildman–Crippen LogP) is 2.59. The van der Waals surface area contributed by atoms with E-state index in [1.54, 1.807) is 6.92 Å². The fourth-order valence-electron chi connectivity index (χ4n) is 1.10. The van der Waals surface area contributed by atoms with Gasteiger partial charge in [0.05, 0.1) is 6.61 Å². The molecule has 0 amide bonds. The number of ether oxygens (including phenoxy) is 1. The molecule has 0 radical (unpaired) electrons. The molecule has 0 aliphatic carbocycles. The summed E-state index contributed by atoms with van der Waals surface area (Å²) in [6.07, 6.45) is 0.485. The van der Waals surface area contributed by atoms with Gasteiger partial charge in [0.15, 0.2) is 17.4 Å². The van der Waals surface area contributed by atoms with E-state index in [4.69, 9.17) is 5.11 Å². The maximum atomic E-state index is 13.4. The third-order valence-electron chi connectivity index (χ3n) is 1.79. The van der Waals surface area contributed by atoms with E-state index in [1.165, 1.54) is 0 Å². The van der Waals surface area contributed by atoms with Crippen LogP contribution in [0.5, 0.6) is 5.75 Å². The standard InChI is InChI=1S/C10H9F3O3/c1-2-3-16-9-6(12)4-5(11)7(8(9)13)10(14)15/h4H,2-3H2,1H3,(H,14,15). The van der Waals surface area contributed by atoms with Crippen LogP contribution in [0.15, 0.2) is 6.07 Å². The molecule has 0 saturated heterocycles. The molecule has 0 saturated carbocycles. The van der Waals surface area contributed by atoms with Crippen LogP contribution < -0.4 is 4.74 Å². The molecule has 0 spiro atoms. The van der Waals surface area contributed by atoms with Gasteiger partial charge in [-0.1, -0.05) is 6.92 Å². The summed E-state index contributed by atoms with van der Waals surface area (Å²) >= 11 is 0. The van der Waals surface area contributed by atoms with Crippen LogP contribution in [0.1, 0.15) is 23.7 Å². The zero-order chi connectivity index (χ0) is 12.3. The molecular formula is C10H9F3O3. The highest BCUT2D eigenvalue weighted by molar-refractivity contribution is 5.88. The SMILES string of the molecule is CCCOc1c(F)cc(F)c(C(=O)O)c1F. The molecule has 3 nitrogen and oxygen atoms in total. The van der Waals surface area contributed by atoms with Crippen LogP contribution in [-0.2, 0) is 0 Å². The Morgan fingerprint density at radius 3 is 2.50 bits per heavy atom. The number of carboxylic acid groups (broad SMARTS) is 1. The molecule has 0 bridgehead atoms. The van der Waals surface area contributed by atoms with Crippen LogP contribution in [0.3, 0.4) is 0 Å².